The van der Waals surface area contributed by atoms with Gasteiger partial charge >= 0.3 is 0 Å². The average Bonchev–Trinajstić information content (AvgIpc) is 3.37. The summed E-state index contributed by atoms with van der Waals surface area (Å²) in [5.41, 5.74) is 1.79. The van der Waals surface area contributed by atoms with Gasteiger partial charge < -0.3 is 9.42 Å². The minimum absolute atomic E-state index is 0.00455. The number of aromatic nitrogens is 2. The lowest BCUT2D eigenvalue weighted by molar-refractivity contribution is -0.384. The Bertz CT molecular complexity index is 1010. The van der Waals surface area contributed by atoms with E-state index in [0.29, 0.717) is 23.0 Å². The van der Waals surface area contributed by atoms with Crippen LogP contribution in [0.2, 0.25) is 0 Å². The van der Waals surface area contributed by atoms with Gasteiger partial charge in [-0.3, -0.25) is 15.1 Å². The second kappa shape index (κ2) is 8.22. The van der Waals surface area contributed by atoms with Crippen LogP contribution in [0.15, 0.2) is 64.1 Å². The highest BCUT2D eigenvalue weighted by Gasteiger charge is 2.19. The Labute approximate surface area is 165 Å². The van der Waals surface area contributed by atoms with Crippen molar-refractivity contribution in [1.29, 1.82) is 0 Å². The number of amidine groups is 1. The molecular formula is C19H17N5O3S. The largest absolute Gasteiger partial charge is 0.345 e. The van der Waals surface area contributed by atoms with Gasteiger partial charge in [-0.2, -0.15) is 4.98 Å². The second-order valence-corrected chi connectivity index (χ2v) is 7.12. The van der Waals surface area contributed by atoms with Crippen LogP contribution in [-0.4, -0.2) is 38.2 Å². The van der Waals surface area contributed by atoms with Crippen LogP contribution in [0.4, 0.5) is 5.69 Å². The zero-order valence-corrected chi connectivity index (χ0v) is 15.7. The molecule has 0 amide bonds. The number of nitro benzene ring substituents is 1. The summed E-state index contributed by atoms with van der Waals surface area (Å²) in [5, 5.41) is 15.8. The lowest BCUT2D eigenvalue weighted by Crippen LogP contribution is -2.25. The van der Waals surface area contributed by atoms with Crippen LogP contribution in [-0.2, 0) is 12.3 Å². The summed E-state index contributed by atoms with van der Waals surface area (Å²) in [5.74, 6) is 1.29. The Morgan fingerprint density at radius 1 is 1.18 bits per heavy atom. The zero-order valence-electron chi connectivity index (χ0n) is 14.9. The minimum Gasteiger partial charge on any atom is -0.345 e. The SMILES string of the molecule is O=[N+]([O-])c1cccc(-c2noc(CSC3=NCCN3Cc3ccccc3)n2)c1. The van der Waals surface area contributed by atoms with E-state index in [4.69, 9.17) is 4.52 Å². The Morgan fingerprint density at radius 2 is 2.04 bits per heavy atom. The summed E-state index contributed by atoms with van der Waals surface area (Å²) < 4.78 is 5.31. The van der Waals surface area contributed by atoms with Gasteiger partial charge in [-0.1, -0.05) is 59.4 Å². The number of rotatable bonds is 6. The molecule has 4 rings (SSSR count). The van der Waals surface area contributed by atoms with Crippen molar-refractivity contribution in [1.82, 2.24) is 15.0 Å². The van der Waals surface area contributed by atoms with Gasteiger partial charge in [-0.25, -0.2) is 0 Å². The molecule has 1 aliphatic heterocycles. The third-order valence-corrected chi connectivity index (χ3v) is 5.25. The van der Waals surface area contributed by atoms with Crippen LogP contribution < -0.4 is 0 Å². The standard InChI is InChI=1S/C19H17N5O3S/c25-24(26)16-8-4-7-15(11-16)18-21-17(27-22-18)13-28-19-20-9-10-23(19)12-14-5-2-1-3-6-14/h1-8,11H,9-10,12-13H2. The number of nitrogens with zero attached hydrogens (tertiary/aromatic N) is 5. The maximum absolute atomic E-state index is 10.9. The van der Waals surface area contributed by atoms with Crippen molar-refractivity contribution in [2.45, 2.75) is 12.3 Å². The molecule has 0 spiro atoms. The molecule has 2 heterocycles. The van der Waals surface area contributed by atoms with Gasteiger partial charge in [-0.15, -0.1) is 0 Å². The predicted octanol–water partition coefficient (Wildman–Crippen LogP) is 3.75. The summed E-state index contributed by atoms with van der Waals surface area (Å²) in [6.07, 6.45) is 0. The van der Waals surface area contributed by atoms with Gasteiger partial charge in [0, 0.05) is 30.8 Å². The first kappa shape index (κ1) is 18.2. The van der Waals surface area contributed by atoms with E-state index >= 15 is 0 Å². The number of hydrogen-bond acceptors (Lipinski definition) is 8. The number of non-ortho nitro benzene ring substituents is 1. The first-order chi connectivity index (χ1) is 13.7. The topological polar surface area (TPSA) is 97.7 Å². The highest BCUT2D eigenvalue weighted by molar-refractivity contribution is 8.13. The van der Waals surface area contributed by atoms with Crippen molar-refractivity contribution in [3.8, 4) is 11.4 Å². The highest BCUT2D eigenvalue weighted by Crippen LogP contribution is 2.24. The van der Waals surface area contributed by atoms with Crippen molar-refractivity contribution in [2.24, 2.45) is 4.99 Å². The number of aliphatic imine (C=N–C) groups is 1. The van der Waals surface area contributed by atoms with E-state index in [-0.39, 0.29) is 5.69 Å². The normalized spacial score (nSPS) is 13.6. The molecule has 8 nitrogen and oxygen atoms in total. The molecule has 0 N–H and O–H groups in total. The third-order valence-electron chi connectivity index (χ3n) is 4.21. The molecule has 28 heavy (non-hydrogen) atoms. The molecule has 0 fully saturated rings. The second-order valence-electron chi connectivity index (χ2n) is 6.18. The molecule has 0 saturated carbocycles. The number of benzene rings is 2. The smallest absolute Gasteiger partial charge is 0.270 e. The van der Waals surface area contributed by atoms with E-state index in [0.717, 1.165) is 24.8 Å². The van der Waals surface area contributed by atoms with Crippen LogP contribution in [0.1, 0.15) is 11.5 Å². The molecule has 0 bridgehead atoms. The fourth-order valence-electron chi connectivity index (χ4n) is 2.87. The van der Waals surface area contributed by atoms with E-state index in [1.807, 2.05) is 18.2 Å². The van der Waals surface area contributed by atoms with Gasteiger partial charge in [0.15, 0.2) is 5.17 Å². The van der Waals surface area contributed by atoms with Crippen molar-refractivity contribution in [3.63, 3.8) is 0 Å². The maximum Gasteiger partial charge on any atom is 0.270 e. The van der Waals surface area contributed by atoms with Crippen LogP contribution >= 0.6 is 11.8 Å². The molecule has 2 aromatic carbocycles. The molecule has 0 atom stereocenters. The first-order valence-electron chi connectivity index (χ1n) is 8.72. The van der Waals surface area contributed by atoms with Gasteiger partial charge in [0.2, 0.25) is 11.7 Å². The third kappa shape index (κ3) is 4.20. The van der Waals surface area contributed by atoms with Crippen LogP contribution in [0, 0.1) is 10.1 Å². The Morgan fingerprint density at radius 3 is 2.86 bits per heavy atom. The molecule has 0 radical (unpaired) electrons. The minimum atomic E-state index is -0.445. The molecule has 3 aromatic rings. The van der Waals surface area contributed by atoms with E-state index in [2.05, 4.69) is 32.2 Å². The van der Waals surface area contributed by atoms with E-state index in [9.17, 15) is 10.1 Å². The Hall–Kier alpha value is -3.20. The molecule has 1 aliphatic rings. The summed E-state index contributed by atoms with van der Waals surface area (Å²) in [6.45, 7) is 2.48. The Kier molecular flexibility index (Phi) is 5.34. The lowest BCUT2D eigenvalue weighted by Gasteiger charge is -2.19. The van der Waals surface area contributed by atoms with Crippen LogP contribution in [0.5, 0.6) is 0 Å². The van der Waals surface area contributed by atoms with Gasteiger partial charge in [-0.05, 0) is 5.56 Å². The molecule has 0 unspecified atom stereocenters. The number of thioether (sulfide) groups is 1. The molecule has 0 aliphatic carbocycles. The van der Waals surface area contributed by atoms with Crippen molar-refractivity contribution < 1.29 is 9.45 Å². The monoisotopic (exact) mass is 395 g/mol. The van der Waals surface area contributed by atoms with E-state index in [1.54, 1.807) is 23.9 Å². The molecule has 0 saturated heterocycles. The fourth-order valence-corrected chi connectivity index (χ4v) is 3.76. The summed E-state index contributed by atoms with van der Waals surface area (Å²) in [7, 11) is 0. The van der Waals surface area contributed by atoms with Crippen LogP contribution in [0.25, 0.3) is 11.4 Å². The van der Waals surface area contributed by atoms with E-state index < -0.39 is 4.92 Å². The van der Waals surface area contributed by atoms with Crippen molar-refractivity contribution in [2.75, 3.05) is 13.1 Å². The average molecular weight is 395 g/mol. The quantitative estimate of drug-likeness (QED) is 0.463. The Balaban J connectivity index is 1.39. The van der Waals surface area contributed by atoms with Gasteiger partial charge in [0.1, 0.15) is 0 Å². The summed E-state index contributed by atoms with van der Waals surface area (Å²) in [4.78, 5) is 21.6. The van der Waals surface area contributed by atoms with Crippen LogP contribution in [0.3, 0.4) is 0 Å². The summed E-state index contributed by atoms with van der Waals surface area (Å²) in [6, 6.07) is 16.5. The zero-order chi connectivity index (χ0) is 19.3. The van der Waals surface area contributed by atoms with E-state index in [1.165, 1.54) is 17.7 Å². The maximum atomic E-state index is 10.9. The van der Waals surface area contributed by atoms with Gasteiger partial charge in [0.05, 0.1) is 17.2 Å². The molecule has 1 aromatic heterocycles. The fraction of sp³-hybridized carbons (Fsp3) is 0.211. The first-order valence-corrected chi connectivity index (χ1v) is 9.71. The van der Waals surface area contributed by atoms with Crippen molar-refractivity contribution >= 4 is 22.6 Å². The molecule has 142 valence electrons. The summed E-state index contributed by atoms with van der Waals surface area (Å²) >= 11 is 1.55. The highest BCUT2D eigenvalue weighted by atomic mass is 32.2. The van der Waals surface area contributed by atoms with Gasteiger partial charge in [0.25, 0.3) is 5.69 Å². The predicted molar refractivity (Wildman–Crippen MR) is 107 cm³/mol. The molecular weight excluding hydrogens is 378 g/mol. The van der Waals surface area contributed by atoms with Crippen molar-refractivity contribution in [3.05, 3.63) is 76.2 Å². The molecule has 9 heteroatoms. The number of nitro groups is 1. The number of hydrogen-bond donors (Lipinski definition) is 0. The lowest BCUT2D eigenvalue weighted by atomic mass is 10.2.